The molecular formula is C22H29F3N6. The van der Waals surface area contributed by atoms with Crippen molar-refractivity contribution in [2.75, 3.05) is 44.7 Å². The van der Waals surface area contributed by atoms with E-state index in [2.05, 4.69) is 43.5 Å². The fraction of sp³-hybridized carbons (Fsp3) is 0.455. The lowest BCUT2D eigenvalue weighted by Gasteiger charge is -2.33. The molecule has 2 N–H and O–H groups in total. The van der Waals surface area contributed by atoms with Crippen LogP contribution in [0, 0.1) is 0 Å². The number of piperazine rings is 1. The monoisotopic (exact) mass is 434 g/mol. The van der Waals surface area contributed by atoms with Gasteiger partial charge in [-0.2, -0.15) is 13.2 Å². The van der Waals surface area contributed by atoms with Gasteiger partial charge in [0, 0.05) is 45.5 Å². The van der Waals surface area contributed by atoms with Gasteiger partial charge in [0.25, 0.3) is 0 Å². The van der Waals surface area contributed by atoms with Crippen molar-refractivity contribution in [3.05, 3.63) is 59.3 Å². The molecule has 6 nitrogen and oxygen atoms in total. The first-order valence-electron chi connectivity index (χ1n) is 10.4. The molecule has 3 rings (SSSR count). The summed E-state index contributed by atoms with van der Waals surface area (Å²) in [6.07, 6.45) is -2.52. The Bertz CT molecular complexity index is 858. The first-order chi connectivity index (χ1) is 14.8. The van der Waals surface area contributed by atoms with E-state index in [1.54, 1.807) is 6.20 Å². The Morgan fingerprint density at radius 3 is 2.39 bits per heavy atom. The van der Waals surface area contributed by atoms with Crippen LogP contribution < -0.4 is 15.5 Å². The maximum atomic E-state index is 12.7. The summed E-state index contributed by atoms with van der Waals surface area (Å²) < 4.78 is 38.1. The number of alkyl halides is 3. The molecule has 0 radical (unpaired) electrons. The molecule has 1 aromatic heterocycles. The highest BCUT2D eigenvalue weighted by molar-refractivity contribution is 5.79. The van der Waals surface area contributed by atoms with Gasteiger partial charge in [0.15, 0.2) is 5.96 Å². The first kappa shape index (κ1) is 22.9. The number of hydrogen-bond acceptors (Lipinski definition) is 4. The van der Waals surface area contributed by atoms with Crippen molar-refractivity contribution >= 4 is 11.8 Å². The van der Waals surface area contributed by atoms with Crippen molar-refractivity contribution in [1.82, 2.24) is 20.5 Å². The number of benzene rings is 1. The summed E-state index contributed by atoms with van der Waals surface area (Å²) in [4.78, 5) is 13.7. The van der Waals surface area contributed by atoms with Crippen LogP contribution in [0.15, 0.2) is 47.6 Å². The molecule has 168 valence electrons. The second-order valence-electron chi connectivity index (χ2n) is 7.56. The summed E-state index contributed by atoms with van der Waals surface area (Å²) in [5.41, 5.74) is 1.15. The highest BCUT2D eigenvalue weighted by atomic mass is 19.4. The van der Waals surface area contributed by atoms with Crippen LogP contribution in [-0.4, -0.2) is 55.6 Å². The van der Waals surface area contributed by atoms with Gasteiger partial charge in [-0.25, -0.2) is 9.98 Å². The summed E-state index contributed by atoms with van der Waals surface area (Å²) >= 11 is 0. The fourth-order valence-corrected chi connectivity index (χ4v) is 3.28. The lowest BCUT2D eigenvalue weighted by molar-refractivity contribution is -0.137. The van der Waals surface area contributed by atoms with Crippen LogP contribution in [0.3, 0.4) is 0 Å². The van der Waals surface area contributed by atoms with Crippen LogP contribution in [0.25, 0.3) is 0 Å². The number of nitrogens with one attached hydrogen (secondary N) is 2. The average Bonchev–Trinajstić information content (AvgIpc) is 2.76. The van der Waals surface area contributed by atoms with Crippen molar-refractivity contribution in [1.29, 1.82) is 0 Å². The number of pyridine rings is 1. The second kappa shape index (κ2) is 10.5. The Morgan fingerprint density at radius 2 is 1.74 bits per heavy atom. The maximum absolute atomic E-state index is 12.7. The van der Waals surface area contributed by atoms with Crippen LogP contribution in [0.4, 0.5) is 19.0 Å². The molecule has 0 bridgehead atoms. The predicted molar refractivity (Wildman–Crippen MR) is 117 cm³/mol. The van der Waals surface area contributed by atoms with Crippen molar-refractivity contribution < 1.29 is 13.2 Å². The molecule has 0 saturated carbocycles. The van der Waals surface area contributed by atoms with Crippen molar-refractivity contribution in [2.24, 2.45) is 4.99 Å². The largest absolute Gasteiger partial charge is 0.416 e. The van der Waals surface area contributed by atoms with E-state index in [1.807, 2.05) is 13.0 Å². The normalized spacial score (nSPS) is 15.8. The Morgan fingerprint density at radius 1 is 1.03 bits per heavy atom. The van der Waals surface area contributed by atoms with Gasteiger partial charge >= 0.3 is 6.18 Å². The first-order valence-corrected chi connectivity index (χ1v) is 10.4. The smallest absolute Gasteiger partial charge is 0.357 e. The zero-order valence-electron chi connectivity index (χ0n) is 17.9. The van der Waals surface area contributed by atoms with E-state index in [4.69, 9.17) is 0 Å². The standard InChI is InChI=1S/C22H29F3N6/c1-3-26-21(28-15-17-4-6-19(7-5-17)22(23,24)25)29-16-18-8-9-27-20(14-18)31-12-10-30(2)11-13-31/h4-9,14H,3,10-13,15-16H2,1-2H3,(H2,26,28,29). The van der Waals surface area contributed by atoms with Crippen LogP contribution in [0.5, 0.6) is 0 Å². The van der Waals surface area contributed by atoms with Crippen LogP contribution in [0.2, 0.25) is 0 Å². The third-order valence-electron chi connectivity index (χ3n) is 5.14. The number of guanidine groups is 1. The molecule has 31 heavy (non-hydrogen) atoms. The van der Waals surface area contributed by atoms with Crippen molar-refractivity contribution in [3.8, 4) is 0 Å². The van der Waals surface area contributed by atoms with Gasteiger partial charge in [-0.05, 0) is 49.4 Å². The van der Waals surface area contributed by atoms with Crippen molar-refractivity contribution in [2.45, 2.75) is 26.2 Å². The molecule has 2 aromatic rings. The quantitative estimate of drug-likeness (QED) is 0.541. The zero-order chi connectivity index (χ0) is 22.3. The fourth-order valence-electron chi connectivity index (χ4n) is 3.28. The van der Waals surface area contributed by atoms with Gasteiger partial charge < -0.3 is 20.4 Å². The number of anilines is 1. The molecule has 1 aliphatic rings. The molecule has 0 amide bonds. The van der Waals surface area contributed by atoms with E-state index in [1.165, 1.54) is 12.1 Å². The predicted octanol–water partition coefficient (Wildman–Crippen LogP) is 3.11. The number of aliphatic imine (C=N–C) groups is 1. The van der Waals surface area contributed by atoms with E-state index in [9.17, 15) is 13.2 Å². The number of aromatic nitrogens is 1. The Labute approximate surface area is 181 Å². The number of rotatable bonds is 6. The molecule has 0 unspecified atom stereocenters. The number of nitrogens with zero attached hydrogens (tertiary/aromatic N) is 4. The van der Waals surface area contributed by atoms with Gasteiger partial charge in [0.05, 0.1) is 12.1 Å². The third kappa shape index (κ3) is 6.85. The van der Waals surface area contributed by atoms with E-state index in [-0.39, 0.29) is 0 Å². The Kier molecular flexibility index (Phi) is 7.73. The summed E-state index contributed by atoms with van der Waals surface area (Å²) in [5, 5.41) is 6.34. The number of hydrogen-bond donors (Lipinski definition) is 2. The average molecular weight is 435 g/mol. The van der Waals surface area contributed by atoms with E-state index < -0.39 is 11.7 Å². The van der Waals surface area contributed by atoms with Gasteiger partial charge in [0.2, 0.25) is 0 Å². The summed E-state index contributed by atoms with van der Waals surface area (Å²) in [7, 11) is 2.12. The molecule has 1 aromatic carbocycles. The molecular weight excluding hydrogens is 405 g/mol. The summed E-state index contributed by atoms with van der Waals surface area (Å²) in [5.74, 6) is 1.57. The van der Waals surface area contributed by atoms with Gasteiger partial charge in [-0.1, -0.05) is 12.1 Å². The Hall–Kier alpha value is -2.81. The van der Waals surface area contributed by atoms with Crippen LogP contribution in [-0.2, 0) is 19.3 Å². The molecule has 1 fully saturated rings. The van der Waals surface area contributed by atoms with Crippen molar-refractivity contribution in [3.63, 3.8) is 0 Å². The highest BCUT2D eigenvalue weighted by Gasteiger charge is 2.29. The maximum Gasteiger partial charge on any atom is 0.416 e. The van der Waals surface area contributed by atoms with E-state index in [0.717, 1.165) is 55.3 Å². The van der Waals surface area contributed by atoms with Crippen LogP contribution in [0.1, 0.15) is 23.6 Å². The van der Waals surface area contributed by atoms with Gasteiger partial charge in [0.1, 0.15) is 5.82 Å². The Balaban J connectivity index is 1.60. The molecule has 2 heterocycles. The number of halogens is 3. The molecule has 0 spiro atoms. The third-order valence-corrected chi connectivity index (χ3v) is 5.14. The van der Waals surface area contributed by atoms with E-state index in [0.29, 0.717) is 25.6 Å². The minimum atomic E-state index is -4.32. The highest BCUT2D eigenvalue weighted by Crippen LogP contribution is 2.29. The minimum absolute atomic E-state index is 0.382. The lowest BCUT2D eigenvalue weighted by Crippen LogP contribution is -2.44. The zero-order valence-corrected chi connectivity index (χ0v) is 17.9. The SMILES string of the molecule is CCNC(=NCc1ccnc(N2CCN(C)CC2)c1)NCc1ccc(C(F)(F)F)cc1. The topological polar surface area (TPSA) is 55.8 Å². The van der Waals surface area contributed by atoms with Crippen LogP contribution >= 0.6 is 0 Å². The summed E-state index contributed by atoms with van der Waals surface area (Å²) in [6.45, 7) is 7.44. The molecule has 9 heteroatoms. The molecule has 0 aliphatic carbocycles. The number of likely N-dealkylation sites (N-methyl/N-ethyl adjacent to an activating group) is 1. The lowest BCUT2D eigenvalue weighted by atomic mass is 10.1. The molecule has 1 aliphatic heterocycles. The second-order valence-corrected chi connectivity index (χ2v) is 7.56. The molecule has 1 saturated heterocycles. The van der Waals surface area contributed by atoms with Gasteiger partial charge in [-0.15, -0.1) is 0 Å². The van der Waals surface area contributed by atoms with E-state index >= 15 is 0 Å². The molecule has 0 atom stereocenters. The van der Waals surface area contributed by atoms with Gasteiger partial charge in [-0.3, -0.25) is 0 Å². The minimum Gasteiger partial charge on any atom is -0.357 e. The summed E-state index contributed by atoms with van der Waals surface area (Å²) in [6, 6.07) is 9.15.